The van der Waals surface area contributed by atoms with Crippen LogP contribution in [0.1, 0.15) is 47.1 Å². The topological polar surface area (TPSA) is 50.4 Å². The molecular weight excluding hydrogens is 412 g/mol. The summed E-state index contributed by atoms with van der Waals surface area (Å²) in [5.41, 5.74) is 3.76. The fourth-order valence-corrected chi connectivity index (χ4v) is 4.54. The minimum atomic E-state index is -0.383. The molecule has 0 bridgehead atoms. The Morgan fingerprint density at radius 1 is 1.03 bits per heavy atom. The molecule has 4 nitrogen and oxygen atoms in total. The summed E-state index contributed by atoms with van der Waals surface area (Å²) in [5, 5.41) is 7.59. The van der Waals surface area contributed by atoms with Gasteiger partial charge in [0.2, 0.25) is 0 Å². The second-order valence-corrected chi connectivity index (χ2v) is 9.53. The zero-order chi connectivity index (χ0) is 21.7. The number of benzene rings is 2. The van der Waals surface area contributed by atoms with E-state index in [1.165, 1.54) is 29.6 Å². The third-order valence-electron chi connectivity index (χ3n) is 4.62. The first-order valence-corrected chi connectivity index (χ1v) is 10.9. The highest BCUT2D eigenvalue weighted by molar-refractivity contribution is 7.80. The van der Waals surface area contributed by atoms with Crippen molar-refractivity contribution in [3.05, 3.63) is 82.2 Å². The number of thiocarbonyl (C=S) groups is 1. The van der Waals surface area contributed by atoms with Gasteiger partial charge in [0.15, 0.2) is 5.11 Å². The van der Waals surface area contributed by atoms with Crippen LogP contribution in [0.2, 0.25) is 0 Å². The highest BCUT2D eigenvalue weighted by atomic mass is 32.1. The van der Waals surface area contributed by atoms with Gasteiger partial charge in [-0.05, 0) is 40.9 Å². The number of ether oxygens (including phenoxy) is 1. The number of anilines is 2. The summed E-state index contributed by atoms with van der Waals surface area (Å²) in [6.07, 6.45) is 0.740. The second-order valence-electron chi connectivity index (χ2n) is 7.98. The van der Waals surface area contributed by atoms with E-state index in [4.69, 9.17) is 17.0 Å². The average molecular weight is 439 g/mol. The lowest BCUT2D eigenvalue weighted by Crippen LogP contribution is -2.23. The molecule has 156 valence electrons. The summed E-state index contributed by atoms with van der Waals surface area (Å²) < 4.78 is 4.97. The molecule has 0 amide bonds. The Morgan fingerprint density at radius 3 is 2.37 bits per heavy atom. The van der Waals surface area contributed by atoms with Crippen LogP contribution >= 0.6 is 23.6 Å². The van der Waals surface area contributed by atoms with E-state index in [0.29, 0.717) is 15.7 Å². The van der Waals surface area contributed by atoms with Gasteiger partial charge < -0.3 is 15.4 Å². The summed E-state index contributed by atoms with van der Waals surface area (Å²) in [5.74, 6) is -0.383. The first-order chi connectivity index (χ1) is 14.3. The van der Waals surface area contributed by atoms with Gasteiger partial charge in [-0.3, -0.25) is 0 Å². The maximum atomic E-state index is 12.3. The lowest BCUT2D eigenvalue weighted by molar-refractivity contribution is 0.0602. The molecule has 0 radical (unpaired) electrons. The van der Waals surface area contributed by atoms with Gasteiger partial charge in [0.1, 0.15) is 5.00 Å². The normalized spacial score (nSPS) is 11.1. The van der Waals surface area contributed by atoms with Gasteiger partial charge in [0.25, 0.3) is 0 Å². The van der Waals surface area contributed by atoms with Crippen LogP contribution in [0.15, 0.2) is 60.7 Å². The van der Waals surface area contributed by atoms with E-state index in [-0.39, 0.29) is 11.4 Å². The molecule has 2 aromatic carbocycles. The molecule has 0 saturated heterocycles. The largest absolute Gasteiger partial charge is 0.465 e. The van der Waals surface area contributed by atoms with Gasteiger partial charge in [-0.25, -0.2) is 4.79 Å². The van der Waals surface area contributed by atoms with Crippen molar-refractivity contribution in [2.75, 3.05) is 17.7 Å². The molecule has 1 heterocycles. The minimum absolute atomic E-state index is 0.0256. The van der Waals surface area contributed by atoms with Gasteiger partial charge in [-0.2, -0.15) is 0 Å². The van der Waals surface area contributed by atoms with Gasteiger partial charge in [0, 0.05) is 17.0 Å². The fraction of sp³-hybridized carbons (Fsp3) is 0.250. The molecular formula is C24H26N2O2S2. The number of methoxy groups -OCH3 is 1. The summed E-state index contributed by atoms with van der Waals surface area (Å²) >= 11 is 7.06. The number of carbonyl (C=O) groups is 1. The molecule has 0 atom stereocenters. The Bertz CT molecular complexity index is 1040. The quantitative estimate of drug-likeness (QED) is 0.365. The predicted molar refractivity (Wildman–Crippen MR) is 130 cm³/mol. The van der Waals surface area contributed by atoms with Gasteiger partial charge in [-0.15, -0.1) is 11.3 Å². The van der Waals surface area contributed by atoms with Crippen molar-refractivity contribution in [1.82, 2.24) is 0 Å². The second kappa shape index (κ2) is 9.41. The Morgan fingerprint density at radius 2 is 1.70 bits per heavy atom. The van der Waals surface area contributed by atoms with Gasteiger partial charge >= 0.3 is 5.97 Å². The average Bonchev–Trinajstić information content (AvgIpc) is 3.09. The van der Waals surface area contributed by atoms with E-state index in [1.807, 2.05) is 42.5 Å². The third-order valence-corrected chi connectivity index (χ3v) is 5.87. The van der Waals surface area contributed by atoms with Crippen molar-refractivity contribution >= 4 is 45.3 Å². The number of nitrogens with one attached hydrogen (secondary N) is 2. The number of para-hydroxylation sites is 1. The van der Waals surface area contributed by atoms with Crippen molar-refractivity contribution in [2.24, 2.45) is 0 Å². The molecule has 0 aliphatic heterocycles. The Hall–Kier alpha value is -2.70. The molecule has 6 heteroatoms. The number of hydrogen-bond donors (Lipinski definition) is 2. The molecule has 0 aliphatic carbocycles. The van der Waals surface area contributed by atoms with Crippen LogP contribution in [0.25, 0.3) is 0 Å². The highest BCUT2D eigenvalue weighted by Gasteiger charge is 2.20. The molecule has 2 N–H and O–H groups in total. The van der Waals surface area contributed by atoms with Crippen LogP contribution in [0, 0.1) is 0 Å². The molecule has 3 rings (SSSR count). The van der Waals surface area contributed by atoms with Crippen molar-refractivity contribution in [2.45, 2.75) is 32.6 Å². The lowest BCUT2D eigenvalue weighted by atomic mass is 9.86. The standard InChI is InChI=1S/C24H26N2O2S2/c1-24(2,3)19-12-8-9-13-20(19)25-23(29)26-21-18(22(27)28-4)15-17(30-21)14-16-10-6-5-7-11-16/h5-13,15H,14H2,1-4H3,(H2,25,26,29). The van der Waals surface area contributed by atoms with Crippen molar-refractivity contribution in [1.29, 1.82) is 0 Å². The molecule has 0 saturated carbocycles. The van der Waals surface area contributed by atoms with E-state index >= 15 is 0 Å². The van der Waals surface area contributed by atoms with Crippen LogP contribution < -0.4 is 10.6 Å². The Balaban J connectivity index is 1.82. The maximum Gasteiger partial charge on any atom is 0.340 e. The summed E-state index contributed by atoms with van der Waals surface area (Å²) in [4.78, 5) is 13.4. The third kappa shape index (κ3) is 5.46. The number of hydrogen-bond acceptors (Lipinski definition) is 4. The molecule has 30 heavy (non-hydrogen) atoms. The van der Waals surface area contributed by atoms with Gasteiger partial charge in [0.05, 0.1) is 12.7 Å². The molecule has 0 aliphatic rings. The SMILES string of the molecule is COC(=O)c1cc(Cc2ccccc2)sc1NC(=S)Nc1ccccc1C(C)(C)C. The van der Waals surface area contributed by atoms with Crippen LogP contribution in [0.5, 0.6) is 0 Å². The summed E-state index contributed by atoms with van der Waals surface area (Å²) in [7, 11) is 1.39. The smallest absolute Gasteiger partial charge is 0.340 e. The molecule has 3 aromatic rings. The molecule has 0 unspecified atom stereocenters. The van der Waals surface area contributed by atoms with Crippen molar-refractivity contribution in [3.63, 3.8) is 0 Å². The monoisotopic (exact) mass is 438 g/mol. The van der Waals surface area contributed by atoms with Crippen molar-refractivity contribution < 1.29 is 9.53 Å². The van der Waals surface area contributed by atoms with E-state index in [9.17, 15) is 4.79 Å². The number of thiophene rings is 1. The lowest BCUT2D eigenvalue weighted by Gasteiger charge is -2.23. The zero-order valence-electron chi connectivity index (χ0n) is 17.6. The Kier molecular flexibility index (Phi) is 6.90. The van der Waals surface area contributed by atoms with Crippen LogP contribution in [0.4, 0.5) is 10.7 Å². The summed E-state index contributed by atoms with van der Waals surface area (Å²) in [6, 6.07) is 20.1. The highest BCUT2D eigenvalue weighted by Crippen LogP contribution is 2.32. The predicted octanol–water partition coefficient (Wildman–Crippen LogP) is 6.23. The number of carbonyl (C=O) groups excluding carboxylic acids is 1. The van der Waals surface area contributed by atoms with Crippen molar-refractivity contribution in [3.8, 4) is 0 Å². The first-order valence-electron chi connectivity index (χ1n) is 9.70. The minimum Gasteiger partial charge on any atom is -0.465 e. The van der Waals surface area contributed by atoms with E-state index < -0.39 is 0 Å². The maximum absolute atomic E-state index is 12.3. The number of rotatable bonds is 5. The summed E-state index contributed by atoms with van der Waals surface area (Å²) in [6.45, 7) is 6.48. The van der Waals surface area contributed by atoms with E-state index in [2.05, 4.69) is 49.6 Å². The fourth-order valence-electron chi connectivity index (χ4n) is 3.18. The van der Waals surface area contributed by atoms with E-state index in [1.54, 1.807) is 0 Å². The van der Waals surface area contributed by atoms with Crippen LogP contribution in [-0.4, -0.2) is 18.2 Å². The molecule has 1 aromatic heterocycles. The van der Waals surface area contributed by atoms with Gasteiger partial charge in [-0.1, -0.05) is 69.3 Å². The van der Waals surface area contributed by atoms with E-state index in [0.717, 1.165) is 17.0 Å². The van der Waals surface area contributed by atoms with Crippen LogP contribution in [-0.2, 0) is 16.6 Å². The Labute approximate surface area is 187 Å². The zero-order valence-corrected chi connectivity index (χ0v) is 19.2. The molecule has 0 fully saturated rings. The van der Waals surface area contributed by atoms with Crippen LogP contribution in [0.3, 0.4) is 0 Å². The molecule has 0 spiro atoms. The first kappa shape index (κ1) is 22.0. The number of esters is 1.